The molecule has 2 heterocycles. The molecule has 96 valence electrons. The minimum Gasteiger partial charge on any atom is -0.367 e. The number of hydrogen-bond donors (Lipinski definition) is 1. The van der Waals surface area contributed by atoms with Crippen LogP contribution in [0.15, 0.2) is 4.52 Å². The zero-order valence-electron chi connectivity index (χ0n) is 10.4. The molecule has 0 amide bonds. The van der Waals surface area contributed by atoms with E-state index >= 15 is 0 Å². The summed E-state index contributed by atoms with van der Waals surface area (Å²) in [5.41, 5.74) is 5.93. The van der Waals surface area contributed by atoms with Crippen molar-refractivity contribution in [2.24, 2.45) is 5.73 Å². The third kappa shape index (κ3) is 3.02. The van der Waals surface area contributed by atoms with Crippen LogP contribution in [0.25, 0.3) is 0 Å². The lowest BCUT2D eigenvalue weighted by Crippen LogP contribution is -2.35. The van der Waals surface area contributed by atoms with Crippen molar-refractivity contribution < 1.29 is 9.26 Å². The third-order valence-electron chi connectivity index (χ3n) is 2.93. The van der Waals surface area contributed by atoms with E-state index in [1.54, 1.807) is 0 Å². The Bertz CT molecular complexity index is 355. The Morgan fingerprint density at radius 1 is 1.59 bits per heavy atom. The predicted octanol–water partition coefficient (Wildman–Crippen LogP) is 0.873. The number of aromatic nitrogens is 2. The lowest BCUT2D eigenvalue weighted by atomic mass is 10.2. The molecule has 1 aliphatic heterocycles. The van der Waals surface area contributed by atoms with Gasteiger partial charge in [-0.1, -0.05) is 18.5 Å². The van der Waals surface area contributed by atoms with E-state index in [2.05, 4.69) is 29.0 Å². The highest BCUT2D eigenvalue weighted by Gasteiger charge is 2.25. The van der Waals surface area contributed by atoms with Crippen LogP contribution in [0.4, 0.5) is 0 Å². The largest absolute Gasteiger partial charge is 0.367 e. The van der Waals surface area contributed by atoms with Crippen LogP contribution in [0, 0.1) is 0 Å². The first-order valence-electron chi connectivity index (χ1n) is 6.10. The molecular formula is C11H20N4O2. The van der Waals surface area contributed by atoms with Crippen LogP contribution in [-0.4, -0.2) is 41.8 Å². The number of likely N-dealkylation sites (N-methyl/N-ethyl adjacent to an activating group) is 1. The molecule has 2 rings (SSSR count). The number of hydrogen-bond acceptors (Lipinski definition) is 6. The maximum absolute atomic E-state index is 5.93. The number of nitrogens with two attached hydrogens (primary N) is 1. The van der Waals surface area contributed by atoms with Crippen LogP contribution in [0.2, 0.25) is 0 Å². The maximum Gasteiger partial charge on any atom is 0.243 e. The highest BCUT2D eigenvalue weighted by atomic mass is 16.5. The summed E-state index contributed by atoms with van der Waals surface area (Å²) in [4.78, 5) is 6.52. The Kier molecular flexibility index (Phi) is 4.09. The van der Waals surface area contributed by atoms with E-state index in [4.69, 9.17) is 15.0 Å². The highest BCUT2D eigenvalue weighted by molar-refractivity contribution is 4.96. The molecule has 2 N–H and O–H groups in total. The Balaban J connectivity index is 2.02. The fraction of sp³-hybridized carbons (Fsp3) is 0.818. The van der Waals surface area contributed by atoms with Crippen LogP contribution in [0.5, 0.6) is 0 Å². The Morgan fingerprint density at radius 3 is 3.12 bits per heavy atom. The summed E-state index contributed by atoms with van der Waals surface area (Å²) in [5, 5.41) is 3.96. The van der Waals surface area contributed by atoms with E-state index in [-0.39, 0.29) is 12.1 Å². The normalized spacial score (nSPS) is 23.8. The zero-order chi connectivity index (χ0) is 12.3. The van der Waals surface area contributed by atoms with E-state index < -0.39 is 0 Å². The van der Waals surface area contributed by atoms with Gasteiger partial charge in [-0.3, -0.25) is 0 Å². The summed E-state index contributed by atoms with van der Waals surface area (Å²) in [6.07, 6.45) is 1.76. The Hall–Kier alpha value is -0.980. The van der Waals surface area contributed by atoms with Crippen molar-refractivity contribution in [3.05, 3.63) is 11.7 Å². The quantitative estimate of drug-likeness (QED) is 0.841. The summed E-state index contributed by atoms with van der Waals surface area (Å²) >= 11 is 0. The van der Waals surface area contributed by atoms with Gasteiger partial charge in [0, 0.05) is 13.1 Å². The van der Waals surface area contributed by atoms with Crippen molar-refractivity contribution in [1.29, 1.82) is 0 Å². The molecule has 0 spiro atoms. The number of morpholine rings is 1. The molecule has 1 saturated heterocycles. The SMILES string of the molecule is CCCC(N)c1nc(C2CN(C)CCO2)no1. The average molecular weight is 240 g/mol. The van der Waals surface area contributed by atoms with Crippen molar-refractivity contribution >= 4 is 0 Å². The average Bonchev–Trinajstić information content (AvgIpc) is 2.78. The molecule has 6 nitrogen and oxygen atoms in total. The van der Waals surface area contributed by atoms with E-state index in [0.29, 0.717) is 18.3 Å². The van der Waals surface area contributed by atoms with Crippen molar-refractivity contribution in [3.63, 3.8) is 0 Å². The van der Waals surface area contributed by atoms with Gasteiger partial charge in [-0.05, 0) is 13.5 Å². The third-order valence-corrected chi connectivity index (χ3v) is 2.93. The van der Waals surface area contributed by atoms with Crippen molar-refractivity contribution in [2.75, 3.05) is 26.7 Å². The van der Waals surface area contributed by atoms with Gasteiger partial charge in [0.05, 0.1) is 12.6 Å². The van der Waals surface area contributed by atoms with Gasteiger partial charge in [-0.15, -0.1) is 0 Å². The van der Waals surface area contributed by atoms with Crippen LogP contribution in [-0.2, 0) is 4.74 Å². The standard InChI is InChI=1S/C11H20N4O2/c1-3-4-8(12)11-13-10(14-17-11)9-7-15(2)5-6-16-9/h8-9H,3-7,12H2,1-2H3. The molecule has 1 fully saturated rings. The zero-order valence-corrected chi connectivity index (χ0v) is 10.4. The Morgan fingerprint density at radius 2 is 2.41 bits per heavy atom. The second-order valence-electron chi connectivity index (χ2n) is 4.51. The smallest absolute Gasteiger partial charge is 0.243 e. The fourth-order valence-electron chi connectivity index (χ4n) is 1.90. The number of nitrogens with zero attached hydrogens (tertiary/aromatic N) is 3. The number of rotatable bonds is 4. The molecule has 0 aliphatic carbocycles. The molecule has 0 saturated carbocycles. The maximum atomic E-state index is 5.93. The highest BCUT2D eigenvalue weighted by Crippen LogP contribution is 2.21. The molecule has 2 atom stereocenters. The van der Waals surface area contributed by atoms with Gasteiger partial charge in [0.2, 0.25) is 11.7 Å². The summed E-state index contributed by atoms with van der Waals surface area (Å²) in [6, 6.07) is -0.164. The summed E-state index contributed by atoms with van der Waals surface area (Å²) in [5.74, 6) is 1.12. The fourth-order valence-corrected chi connectivity index (χ4v) is 1.90. The van der Waals surface area contributed by atoms with Gasteiger partial charge in [0.15, 0.2) is 0 Å². The first kappa shape index (κ1) is 12.5. The van der Waals surface area contributed by atoms with Gasteiger partial charge >= 0.3 is 0 Å². The van der Waals surface area contributed by atoms with E-state index in [1.165, 1.54) is 0 Å². The van der Waals surface area contributed by atoms with Crippen LogP contribution in [0.3, 0.4) is 0 Å². The molecule has 1 aromatic heterocycles. The van der Waals surface area contributed by atoms with Gasteiger partial charge in [-0.25, -0.2) is 0 Å². The van der Waals surface area contributed by atoms with E-state index in [9.17, 15) is 0 Å². The van der Waals surface area contributed by atoms with Gasteiger partial charge in [0.1, 0.15) is 6.10 Å². The minimum absolute atomic E-state index is 0.0972. The molecule has 1 aliphatic rings. The second kappa shape index (κ2) is 5.57. The summed E-state index contributed by atoms with van der Waals surface area (Å²) in [7, 11) is 2.05. The van der Waals surface area contributed by atoms with Gasteiger partial charge in [0.25, 0.3) is 0 Å². The molecular weight excluding hydrogens is 220 g/mol. The Labute approximate surface area is 101 Å². The number of ether oxygens (including phenoxy) is 1. The summed E-state index contributed by atoms with van der Waals surface area (Å²) < 4.78 is 10.8. The molecule has 1 aromatic rings. The molecule has 17 heavy (non-hydrogen) atoms. The molecule has 0 radical (unpaired) electrons. The van der Waals surface area contributed by atoms with Crippen molar-refractivity contribution in [2.45, 2.75) is 31.9 Å². The van der Waals surface area contributed by atoms with Crippen LogP contribution < -0.4 is 5.73 Å². The minimum atomic E-state index is -0.164. The lowest BCUT2D eigenvalue weighted by Gasteiger charge is -2.27. The second-order valence-corrected chi connectivity index (χ2v) is 4.51. The molecule has 0 bridgehead atoms. The lowest BCUT2D eigenvalue weighted by molar-refractivity contribution is -0.0264. The topological polar surface area (TPSA) is 77.4 Å². The van der Waals surface area contributed by atoms with E-state index in [0.717, 1.165) is 25.9 Å². The molecule has 6 heteroatoms. The van der Waals surface area contributed by atoms with Crippen molar-refractivity contribution in [3.8, 4) is 0 Å². The monoisotopic (exact) mass is 240 g/mol. The molecule has 0 aromatic carbocycles. The predicted molar refractivity (Wildman–Crippen MR) is 62.3 cm³/mol. The van der Waals surface area contributed by atoms with Crippen LogP contribution in [0.1, 0.15) is 43.6 Å². The summed E-state index contributed by atoms with van der Waals surface area (Å²) in [6.45, 7) is 4.51. The van der Waals surface area contributed by atoms with Gasteiger partial charge < -0.3 is 19.9 Å². The van der Waals surface area contributed by atoms with Gasteiger partial charge in [-0.2, -0.15) is 4.98 Å². The first-order valence-corrected chi connectivity index (χ1v) is 6.10. The van der Waals surface area contributed by atoms with E-state index in [1.807, 2.05) is 0 Å². The first-order chi connectivity index (χ1) is 8.20. The van der Waals surface area contributed by atoms with Crippen LogP contribution >= 0.6 is 0 Å². The molecule has 2 unspecified atom stereocenters. The van der Waals surface area contributed by atoms with Crippen molar-refractivity contribution in [1.82, 2.24) is 15.0 Å².